The van der Waals surface area contributed by atoms with E-state index in [0.717, 1.165) is 0 Å². The first kappa shape index (κ1) is 16.3. The summed E-state index contributed by atoms with van der Waals surface area (Å²) >= 11 is 5.85. The van der Waals surface area contributed by atoms with Gasteiger partial charge in [-0.25, -0.2) is 0 Å². The molecule has 3 N–H and O–H groups in total. The van der Waals surface area contributed by atoms with Crippen molar-refractivity contribution in [2.24, 2.45) is 0 Å². The van der Waals surface area contributed by atoms with Gasteiger partial charge in [0.15, 0.2) is 0 Å². The maximum absolute atomic E-state index is 12.2. The van der Waals surface area contributed by atoms with E-state index in [1.165, 1.54) is 11.0 Å². The van der Waals surface area contributed by atoms with Crippen LogP contribution < -0.4 is 11.1 Å². The highest BCUT2D eigenvalue weighted by atomic mass is 35.5. The Hall–Kier alpha value is -1.75. The van der Waals surface area contributed by atoms with Gasteiger partial charge in [-0.3, -0.25) is 9.59 Å². The Morgan fingerprint density at radius 3 is 2.50 bits per heavy atom. The number of nitrogens with one attached hydrogen (secondary N) is 1. The highest BCUT2D eigenvalue weighted by molar-refractivity contribution is 6.31. The Morgan fingerprint density at radius 2 is 1.95 bits per heavy atom. The molecule has 0 aliphatic heterocycles. The van der Waals surface area contributed by atoms with Crippen LogP contribution in [0.3, 0.4) is 0 Å². The number of carbonyl (C=O) groups excluding carboxylic acids is 2. The molecule has 1 aromatic carbocycles. The van der Waals surface area contributed by atoms with E-state index in [2.05, 4.69) is 5.32 Å². The van der Waals surface area contributed by atoms with Crippen molar-refractivity contribution in [2.45, 2.75) is 26.3 Å². The SMILES string of the molecule is CN(CC(=O)NC(C)(C)C)C(=O)c1cc(Cl)ccc1N. The fourth-order valence-corrected chi connectivity index (χ4v) is 1.84. The number of anilines is 1. The van der Waals surface area contributed by atoms with Crippen molar-refractivity contribution in [2.75, 3.05) is 19.3 Å². The average molecular weight is 298 g/mol. The van der Waals surface area contributed by atoms with Crippen LogP contribution in [0.25, 0.3) is 0 Å². The Labute approximate surface area is 124 Å². The normalized spacial score (nSPS) is 11.1. The lowest BCUT2D eigenvalue weighted by Crippen LogP contribution is -2.46. The summed E-state index contributed by atoms with van der Waals surface area (Å²) in [7, 11) is 1.55. The monoisotopic (exact) mass is 297 g/mol. The van der Waals surface area contributed by atoms with E-state index in [1.54, 1.807) is 19.2 Å². The van der Waals surface area contributed by atoms with Gasteiger partial charge in [-0.15, -0.1) is 0 Å². The van der Waals surface area contributed by atoms with E-state index in [4.69, 9.17) is 17.3 Å². The Balaban J connectivity index is 2.77. The molecule has 20 heavy (non-hydrogen) atoms. The van der Waals surface area contributed by atoms with Crippen LogP contribution in [0.1, 0.15) is 31.1 Å². The minimum Gasteiger partial charge on any atom is -0.398 e. The summed E-state index contributed by atoms with van der Waals surface area (Å²) in [4.78, 5) is 25.3. The molecular weight excluding hydrogens is 278 g/mol. The number of carbonyl (C=O) groups is 2. The molecule has 6 heteroatoms. The van der Waals surface area contributed by atoms with Crippen LogP contribution in [-0.2, 0) is 4.79 Å². The second-order valence-electron chi connectivity index (χ2n) is 5.69. The van der Waals surface area contributed by atoms with E-state index < -0.39 is 0 Å². The van der Waals surface area contributed by atoms with Gasteiger partial charge in [0, 0.05) is 23.3 Å². The van der Waals surface area contributed by atoms with Crippen LogP contribution in [0.2, 0.25) is 5.02 Å². The van der Waals surface area contributed by atoms with Crippen LogP contribution in [0.4, 0.5) is 5.69 Å². The molecule has 0 saturated heterocycles. The third-order valence-electron chi connectivity index (χ3n) is 2.49. The van der Waals surface area contributed by atoms with Crippen LogP contribution in [0.15, 0.2) is 18.2 Å². The quantitative estimate of drug-likeness (QED) is 0.837. The summed E-state index contributed by atoms with van der Waals surface area (Å²) in [6, 6.07) is 4.68. The lowest BCUT2D eigenvalue weighted by molar-refractivity contribution is -0.122. The van der Waals surface area contributed by atoms with Gasteiger partial charge in [-0.05, 0) is 39.0 Å². The first-order valence-electron chi connectivity index (χ1n) is 6.21. The molecule has 1 aromatic rings. The van der Waals surface area contributed by atoms with Crippen LogP contribution in [-0.4, -0.2) is 35.8 Å². The van der Waals surface area contributed by atoms with Crippen molar-refractivity contribution in [1.82, 2.24) is 10.2 Å². The van der Waals surface area contributed by atoms with Crippen molar-refractivity contribution >= 4 is 29.1 Å². The molecule has 110 valence electrons. The number of hydrogen-bond acceptors (Lipinski definition) is 3. The third-order valence-corrected chi connectivity index (χ3v) is 2.72. The summed E-state index contributed by atoms with van der Waals surface area (Å²) in [6.45, 7) is 5.59. The van der Waals surface area contributed by atoms with Gasteiger partial charge in [0.1, 0.15) is 0 Å². The fraction of sp³-hybridized carbons (Fsp3) is 0.429. The molecule has 2 amide bonds. The number of nitrogens with two attached hydrogens (primary N) is 1. The van der Waals surface area contributed by atoms with Crippen molar-refractivity contribution in [3.8, 4) is 0 Å². The molecule has 0 aromatic heterocycles. The maximum atomic E-state index is 12.2. The number of hydrogen-bond donors (Lipinski definition) is 2. The molecule has 0 heterocycles. The molecule has 5 nitrogen and oxygen atoms in total. The van der Waals surface area contributed by atoms with Crippen molar-refractivity contribution in [3.63, 3.8) is 0 Å². The minimum atomic E-state index is -0.339. The largest absolute Gasteiger partial charge is 0.398 e. The van der Waals surface area contributed by atoms with E-state index in [0.29, 0.717) is 16.3 Å². The third kappa shape index (κ3) is 4.74. The topological polar surface area (TPSA) is 75.4 Å². The van der Waals surface area contributed by atoms with Crippen LogP contribution in [0, 0.1) is 0 Å². The van der Waals surface area contributed by atoms with Crippen molar-refractivity contribution < 1.29 is 9.59 Å². The molecule has 0 atom stereocenters. The number of amides is 2. The van der Waals surface area contributed by atoms with E-state index in [9.17, 15) is 9.59 Å². The van der Waals surface area contributed by atoms with Crippen molar-refractivity contribution in [3.05, 3.63) is 28.8 Å². The lowest BCUT2D eigenvalue weighted by atomic mass is 10.1. The maximum Gasteiger partial charge on any atom is 0.256 e. The standard InChI is InChI=1S/C14H20ClN3O2/c1-14(2,3)17-12(19)8-18(4)13(20)10-7-9(15)5-6-11(10)16/h5-7H,8,16H2,1-4H3,(H,17,19). The molecule has 0 spiro atoms. The molecule has 0 saturated carbocycles. The second kappa shape index (κ2) is 6.13. The molecule has 1 rings (SSSR count). The predicted molar refractivity (Wildman–Crippen MR) is 80.7 cm³/mol. The van der Waals surface area contributed by atoms with E-state index in [1.807, 2.05) is 20.8 Å². The highest BCUT2D eigenvalue weighted by Gasteiger charge is 2.20. The summed E-state index contributed by atoms with van der Waals surface area (Å²) in [5, 5.41) is 3.22. The van der Waals surface area contributed by atoms with E-state index in [-0.39, 0.29) is 23.9 Å². The number of nitrogens with zero attached hydrogens (tertiary/aromatic N) is 1. The number of likely N-dealkylation sites (N-methyl/N-ethyl adjacent to an activating group) is 1. The zero-order valence-corrected chi connectivity index (χ0v) is 12.9. The molecule has 0 fully saturated rings. The molecule has 0 bridgehead atoms. The van der Waals surface area contributed by atoms with Gasteiger partial charge < -0.3 is 16.0 Å². The zero-order valence-electron chi connectivity index (χ0n) is 12.2. The second-order valence-corrected chi connectivity index (χ2v) is 6.13. The first-order valence-corrected chi connectivity index (χ1v) is 6.59. The average Bonchev–Trinajstić information content (AvgIpc) is 2.28. The van der Waals surface area contributed by atoms with Crippen LogP contribution in [0.5, 0.6) is 0 Å². The van der Waals surface area contributed by atoms with Gasteiger partial charge in [0.2, 0.25) is 5.91 Å². The molecular formula is C14H20ClN3O2. The van der Waals surface area contributed by atoms with E-state index >= 15 is 0 Å². The summed E-state index contributed by atoms with van der Waals surface area (Å²) < 4.78 is 0. The predicted octanol–water partition coefficient (Wildman–Crippen LogP) is 1.91. The van der Waals surface area contributed by atoms with Crippen LogP contribution >= 0.6 is 11.6 Å². The Bertz CT molecular complexity index is 524. The number of halogens is 1. The van der Waals surface area contributed by atoms with Gasteiger partial charge >= 0.3 is 0 Å². The van der Waals surface area contributed by atoms with Gasteiger partial charge in [0.25, 0.3) is 5.91 Å². The fourth-order valence-electron chi connectivity index (χ4n) is 1.66. The van der Waals surface area contributed by atoms with Gasteiger partial charge in [-0.2, -0.15) is 0 Å². The Morgan fingerprint density at radius 1 is 1.35 bits per heavy atom. The van der Waals surface area contributed by atoms with Gasteiger partial charge in [-0.1, -0.05) is 11.6 Å². The van der Waals surface area contributed by atoms with Crippen molar-refractivity contribution in [1.29, 1.82) is 0 Å². The van der Waals surface area contributed by atoms with Gasteiger partial charge in [0.05, 0.1) is 12.1 Å². The minimum absolute atomic E-state index is 0.0396. The molecule has 0 aliphatic rings. The number of benzene rings is 1. The molecule has 0 radical (unpaired) electrons. The number of nitrogen functional groups attached to an aromatic ring is 1. The summed E-state index contributed by atoms with van der Waals surface area (Å²) in [6.07, 6.45) is 0. The molecule has 0 unspecified atom stereocenters. The summed E-state index contributed by atoms with van der Waals surface area (Å²) in [5.74, 6) is -0.567. The Kier molecular flexibility index (Phi) is 5.00. The smallest absolute Gasteiger partial charge is 0.256 e. The summed E-state index contributed by atoms with van der Waals surface area (Å²) in [5.41, 5.74) is 6.05. The molecule has 0 aliphatic carbocycles. The highest BCUT2D eigenvalue weighted by Crippen LogP contribution is 2.19. The zero-order chi connectivity index (χ0) is 15.5. The number of rotatable bonds is 3. The first-order chi connectivity index (χ1) is 9.10. The lowest BCUT2D eigenvalue weighted by Gasteiger charge is -2.23.